The molecule has 0 aromatic heterocycles. The summed E-state index contributed by atoms with van der Waals surface area (Å²) in [7, 11) is 0. The van der Waals surface area contributed by atoms with Gasteiger partial charge >= 0.3 is 5.97 Å². The Morgan fingerprint density at radius 1 is 1.00 bits per heavy atom. The zero-order valence-corrected chi connectivity index (χ0v) is 16.8. The minimum Gasteiger partial charge on any atom is -0.455 e. The van der Waals surface area contributed by atoms with Crippen LogP contribution >= 0.6 is 0 Å². The summed E-state index contributed by atoms with van der Waals surface area (Å²) in [5.74, 6) is -4.42. The number of hydrogen-bond donors (Lipinski definition) is 2. The summed E-state index contributed by atoms with van der Waals surface area (Å²) in [5, 5.41) is 4.63. The predicted octanol–water partition coefficient (Wildman–Crippen LogP) is 3.39. The molecule has 2 N–H and O–H groups in total. The van der Waals surface area contributed by atoms with Crippen LogP contribution in [0.4, 0.5) is 14.5 Å². The Morgan fingerprint density at radius 2 is 1.70 bits per heavy atom. The van der Waals surface area contributed by atoms with Gasteiger partial charge in [-0.15, -0.1) is 0 Å². The standard InChI is InChI=1S/C22H24F2N2O4/c1-3-14(2)21(15-7-5-4-6-8-15)22(29)30-13-20(28)25-12-19(27)26-16-9-10-17(23)18(24)11-16/h4-11,14,21H,3,12-13H2,1-2H3,(H,25,28)(H,26,27)/t14-,21+/m1/s1. The van der Waals surface area contributed by atoms with Crippen LogP contribution in [0.2, 0.25) is 0 Å². The smallest absolute Gasteiger partial charge is 0.314 e. The monoisotopic (exact) mass is 418 g/mol. The van der Waals surface area contributed by atoms with E-state index in [1.54, 1.807) is 0 Å². The first-order valence-corrected chi connectivity index (χ1v) is 9.55. The van der Waals surface area contributed by atoms with Gasteiger partial charge in [0, 0.05) is 11.8 Å². The number of anilines is 1. The molecule has 30 heavy (non-hydrogen) atoms. The molecule has 2 aromatic carbocycles. The van der Waals surface area contributed by atoms with Crippen LogP contribution in [0.25, 0.3) is 0 Å². The number of esters is 1. The second kappa shape index (κ2) is 11.0. The summed E-state index contributed by atoms with van der Waals surface area (Å²) in [6, 6.07) is 12.1. The van der Waals surface area contributed by atoms with Crippen LogP contribution in [0.15, 0.2) is 48.5 Å². The number of amides is 2. The molecule has 0 aliphatic rings. The van der Waals surface area contributed by atoms with Crippen molar-refractivity contribution in [1.29, 1.82) is 0 Å². The fraction of sp³-hybridized carbons (Fsp3) is 0.318. The molecule has 0 spiro atoms. The van der Waals surface area contributed by atoms with E-state index in [1.165, 1.54) is 6.07 Å². The molecule has 2 amide bonds. The van der Waals surface area contributed by atoms with Gasteiger partial charge in [0.2, 0.25) is 5.91 Å². The van der Waals surface area contributed by atoms with E-state index in [9.17, 15) is 23.2 Å². The maximum atomic E-state index is 13.1. The Hall–Kier alpha value is -3.29. The van der Waals surface area contributed by atoms with Gasteiger partial charge in [-0.3, -0.25) is 14.4 Å². The van der Waals surface area contributed by atoms with E-state index >= 15 is 0 Å². The Balaban J connectivity index is 1.83. The highest BCUT2D eigenvalue weighted by molar-refractivity contribution is 5.94. The van der Waals surface area contributed by atoms with E-state index in [2.05, 4.69) is 10.6 Å². The number of carbonyl (C=O) groups is 3. The van der Waals surface area contributed by atoms with Crippen molar-refractivity contribution >= 4 is 23.5 Å². The lowest BCUT2D eigenvalue weighted by Crippen LogP contribution is -2.36. The third-order valence-corrected chi connectivity index (χ3v) is 4.62. The molecule has 0 radical (unpaired) electrons. The van der Waals surface area contributed by atoms with Gasteiger partial charge in [0.05, 0.1) is 12.5 Å². The van der Waals surface area contributed by atoms with Gasteiger partial charge in [-0.25, -0.2) is 8.78 Å². The molecule has 2 atom stereocenters. The third kappa shape index (κ3) is 6.65. The molecule has 0 fully saturated rings. The minimum atomic E-state index is -1.10. The van der Waals surface area contributed by atoms with Crippen LogP contribution in [0.1, 0.15) is 31.7 Å². The minimum absolute atomic E-state index is 0.0184. The van der Waals surface area contributed by atoms with E-state index in [1.807, 2.05) is 44.2 Å². The van der Waals surface area contributed by atoms with Gasteiger partial charge in [0.1, 0.15) is 0 Å². The number of halogens is 2. The van der Waals surface area contributed by atoms with E-state index in [4.69, 9.17) is 4.74 Å². The van der Waals surface area contributed by atoms with Gasteiger partial charge in [0.25, 0.3) is 5.91 Å². The van der Waals surface area contributed by atoms with Crippen molar-refractivity contribution in [2.24, 2.45) is 5.92 Å². The largest absolute Gasteiger partial charge is 0.455 e. The van der Waals surface area contributed by atoms with Crippen molar-refractivity contribution in [2.75, 3.05) is 18.5 Å². The lowest BCUT2D eigenvalue weighted by atomic mass is 9.86. The molecule has 0 saturated heterocycles. The average molecular weight is 418 g/mol. The van der Waals surface area contributed by atoms with Crippen LogP contribution in [-0.2, 0) is 19.1 Å². The number of benzene rings is 2. The molecule has 0 unspecified atom stereocenters. The lowest BCUT2D eigenvalue weighted by Gasteiger charge is -2.21. The van der Waals surface area contributed by atoms with Crippen molar-refractivity contribution in [3.05, 3.63) is 65.7 Å². The fourth-order valence-corrected chi connectivity index (χ4v) is 2.83. The maximum absolute atomic E-state index is 13.1. The molecule has 160 valence electrons. The summed E-state index contributed by atoms with van der Waals surface area (Å²) in [4.78, 5) is 36.3. The van der Waals surface area contributed by atoms with E-state index in [0.29, 0.717) is 0 Å². The van der Waals surface area contributed by atoms with Crippen molar-refractivity contribution in [2.45, 2.75) is 26.2 Å². The quantitative estimate of drug-likeness (QED) is 0.612. The van der Waals surface area contributed by atoms with Gasteiger partial charge in [-0.2, -0.15) is 0 Å². The first-order valence-electron chi connectivity index (χ1n) is 9.55. The highest BCUT2D eigenvalue weighted by Crippen LogP contribution is 2.28. The summed E-state index contributed by atoms with van der Waals surface area (Å²) < 4.78 is 31.2. The van der Waals surface area contributed by atoms with Crippen LogP contribution in [-0.4, -0.2) is 30.9 Å². The van der Waals surface area contributed by atoms with E-state index in [-0.39, 0.29) is 11.6 Å². The number of rotatable bonds is 9. The predicted molar refractivity (Wildman–Crippen MR) is 108 cm³/mol. The molecule has 2 aromatic rings. The third-order valence-electron chi connectivity index (χ3n) is 4.62. The second-order valence-corrected chi connectivity index (χ2v) is 6.84. The SMILES string of the molecule is CC[C@@H](C)[C@H](C(=O)OCC(=O)NCC(=O)Nc1ccc(F)c(F)c1)c1ccccc1. The van der Waals surface area contributed by atoms with E-state index < -0.39 is 48.5 Å². The van der Waals surface area contributed by atoms with Gasteiger partial charge < -0.3 is 15.4 Å². The van der Waals surface area contributed by atoms with Gasteiger partial charge in [-0.1, -0.05) is 50.6 Å². The normalized spacial score (nSPS) is 12.5. The Morgan fingerprint density at radius 3 is 2.33 bits per heavy atom. The lowest BCUT2D eigenvalue weighted by molar-refractivity contribution is -0.151. The number of nitrogens with one attached hydrogen (secondary N) is 2. The molecule has 0 heterocycles. The molecule has 0 bridgehead atoms. The summed E-state index contributed by atoms with van der Waals surface area (Å²) in [6.07, 6.45) is 0.755. The maximum Gasteiger partial charge on any atom is 0.314 e. The van der Waals surface area contributed by atoms with Gasteiger partial charge in [-0.05, 0) is 23.6 Å². The molecule has 2 rings (SSSR count). The first-order chi connectivity index (χ1) is 14.3. The van der Waals surface area contributed by atoms with Crippen molar-refractivity contribution in [3.63, 3.8) is 0 Å². The van der Waals surface area contributed by atoms with Crippen LogP contribution in [0.3, 0.4) is 0 Å². The van der Waals surface area contributed by atoms with E-state index in [0.717, 1.165) is 24.1 Å². The molecular weight excluding hydrogens is 394 g/mol. The highest BCUT2D eigenvalue weighted by Gasteiger charge is 2.27. The second-order valence-electron chi connectivity index (χ2n) is 6.84. The zero-order chi connectivity index (χ0) is 22.1. The van der Waals surface area contributed by atoms with Crippen LogP contribution < -0.4 is 10.6 Å². The Bertz CT molecular complexity index is 890. The molecular formula is C22H24F2N2O4. The summed E-state index contributed by atoms with van der Waals surface area (Å²) >= 11 is 0. The molecule has 8 heteroatoms. The molecule has 0 aliphatic heterocycles. The van der Waals surface area contributed by atoms with Crippen molar-refractivity contribution in [1.82, 2.24) is 5.32 Å². The molecule has 0 saturated carbocycles. The fourth-order valence-electron chi connectivity index (χ4n) is 2.83. The number of carbonyl (C=O) groups excluding carboxylic acids is 3. The highest BCUT2D eigenvalue weighted by atomic mass is 19.2. The van der Waals surface area contributed by atoms with Gasteiger partial charge in [0.15, 0.2) is 18.2 Å². The van der Waals surface area contributed by atoms with Crippen LogP contribution in [0, 0.1) is 17.6 Å². The summed E-state index contributed by atoms with van der Waals surface area (Å²) in [5.41, 5.74) is 0.863. The molecule has 6 nitrogen and oxygen atoms in total. The summed E-state index contributed by atoms with van der Waals surface area (Å²) in [6.45, 7) is 2.95. The Labute approximate surface area is 173 Å². The first kappa shape index (κ1) is 23.0. The topological polar surface area (TPSA) is 84.5 Å². The Kier molecular flexibility index (Phi) is 8.46. The van der Waals surface area contributed by atoms with Crippen molar-refractivity contribution < 1.29 is 27.9 Å². The van der Waals surface area contributed by atoms with Crippen molar-refractivity contribution in [3.8, 4) is 0 Å². The molecule has 0 aliphatic carbocycles. The zero-order valence-electron chi connectivity index (χ0n) is 16.8. The van der Waals surface area contributed by atoms with Crippen LogP contribution in [0.5, 0.6) is 0 Å². The number of ether oxygens (including phenoxy) is 1. The number of hydrogen-bond acceptors (Lipinski definition) is 4. The average Bonchev–Trinajstić information content (AvgIpc) is 2.74.